The van der Waals surface area contributed by atoms with Crippen LogP contribution in [0.2, 0.25) is 0 Å². The molecule has 0 aromatic heterocycles. The molecule has 0 spiro atoms. The molecule has 0 N–H and O–H groups in total. The molecule has 0 radical (unpaired) electrons. The Hall–Kier alpha value is -0.640. The van der Waals surface area contributed by atoms with E-state index < -0.39 is 0 Å². The Bertz CT molecular complexity index is 104. The average molecular weight is 146 g/mol. The van der Waals surface area contributed by atoms with Crippen molar-refractivity contribution in [2.24, 2.45) is 0 Å². The van der Waals surface area contributed by atoms with Gasteiger partial charge in [-0.15, -0.1) is 0 Å². The van der Waals surface area contributed by atoms with Gasteiger partial charge in [-0.3, -0.25) is 10.1 Å². The molecule has 60 valence electrons. The highest BCUT2D eigenvalue weighted by Crippen LogP contribution is 1.90. The van der Waals surface area contributed by atoms with Crippen molar-refractivity contribution in [1.29, 1.82) is 0 Å². The SMILES string of the molecule is CN(C)CCCC[N+](=O)[O-]. The van der Waals surface area contributed by atoms with Crippen molar-refractivity contribution in [2.75, 3.05) is 27.2 Å². The molecule has 0 aliphatic rings. The zero-order valence-electron chi connectivity index (χ0n) is 6.54. The number of rotatable bonds is 5. The van der Waals surface area contributed by atoms with Crippen molar-refractivity contribution in [1.82, 2.24) is 4.90 Å². The second-order valence-electron chi connectivity index (χ2n) is 2.57. The fraction of sp³-hybridized carbons (Fsp3) is 1.00. The van der Waals surface area contributed by atoms with E-state index >= 15 is 0 Å². The Balaban J connectivity index is 2.98. The number of hydrogen-bond donors (Lipinski definition) is 0. The van der Waals surface area contributed by atoms with Gasteiger partial charge in [0.2, 0.25) is 6.54 Å². The monoisotopic (exact) mass is 146 g/mol. The van der Waals surface area contributed by atoms with Crippen LogP contribution in [-0.4, -0.2) is 37.0 Å². The van der Waals surface area contributed by atoms with Crippen molar-refractivity contribution in [3.8, 4) is 0 Å². The van der Waals surface area contributed by atoms with Gasteiger partial charge < -0.3 is 4.90 Å². The molecule has 4 heteroatoms. The smallest absolute Gasteiger partial charge is 0.203 e. The average Bonchev–Trinajstić information content (AvgIpc) is 1.79. The lowest BCUT2D eigenvalue weighted by Crippen LogP contribution is -2.14. The highest BCUT2D eigenvalue weighted by atomic mass is 16.6. The maximum atomic E-state index is 9.84. The van der Waals surface area contributed by atoms with Gasteiger partial charge >= 0.3 is 0 Å². The second kappa shape index (κ2) is 5.17. The fourth-order valence-electron chi connectivity index (χ4n) is 0.669. The summed E-state index contributed by atoms with van der Waals surface area (Å²) in [5.74, 6) is 0. The predicted octanol–water partition coefficient (Wildman–Crippen LogP) is 0.605. The molecule has 0 saturated heterocycles. The summed E-state index contributed by atoms with van der Waals surface area (Å²) in [5, 5.41) is 9.84. The van der Waals surface area contributed by atoms with Crippen LogP contribution in [0.1, 0.15) is 12.8 Å². The zero-order chi connectivity index (χ0) is 7.98. The molecule has 4 nitrogen and oxygen atoms in total. The molecule has 0 fully saturated rings. The summed E-state index contributed by atoms with van der Waals surface area (Å²) in [6, 6.07) is 0. The standard InChI is InChI=1S/C6H14N2O2/c1-7(2)5-3-4-6-8(9)10/h3-6H2,1-2H3. The van der Waals surface area contributed by atoms with Gasteiger partial charge in [0, 0.05) is 11.3 Å². The molecular formula is C6H14N2O2. The third-order valence-electron chi connectivity index (χ3n) is 1.20. The molecule has 0 rings (SSSR count). The Morgan fingerprint density at radius 2 is 2.00 bits per heavy atom. The van der Waals surface area contributed by atoms with Gasteiger partial charge in [0.25, 0.3) is 0 Å². The summed E-state index contributed by atoms with van der Waals surface area (Å²) in [6.07, 6.45) is 1.60. The van der Waals surface area contributed by atoms with Gasteiger partial charge in [0.1, 0.15) is 0 Å². The van der Waals surface area contributed by atoms with Gasteiger partial charge in [-0.1, -0.05) is 0 Å². The first-order valence-electron chi connectivity index (χ1n) is 3.39. The molecule has 0 aliphatic carbocycles. The Kier molecular flexibility index (Phi) is 4.84. The van der Waals surface area contributed by atoms with E-state index in [4.69, 9.17) is 0 Å². The normalized spacial score (nSPS) is 10.3. The van der Waals surface area contributed by atoms with Crippen LogP contribution < -0.4 is 0 Å². The first-order chi connectivity index (χ1) is 4.63. The quantitative estimate of drug-likeness (QED) is 0.324. The molecule has 0 amide bonds. The molecule has 0 aromatic carbocycles. The Morgan fingerprint density at radius 1 is 1.40 bits per heavy atom. The molecule has 0 saturated carbocycles. The van der Waals surface area contributed by atoms with E-state index in [2.05, 4.69) is 0 Å². The van der Waals surface area contributed by atoms with Crippen molar-refractivity contribution in [2.45, 2.75) is 12.8 Å². The van der Waals surface area contributed by atoms with Crippen molar-refractivity contribution >= 4 is 0 Å². The topological polar surface area (TPSA) is 46.4 Å². The number of hydrogen-bond acceptors (Lipinski definition) is 3. The molecule has 0 atom stereocenters. The molecule has 0 unspecified atom stereocenters. The highest BCUT2D eigenvalue weighted by molar-refractivity contribution is 4.43. The zero-order valence-corrected chi connectivity index (χ0v) is 6.54. The van der Waals surface area contributed by atoms with Crippen LogP contribution in [0, 0.1) is 10.1 Å². The highest BCUT2D eigenvalue weighted by Gasteiger charge is 1.96. The molecule has 10 heavy (non-hydrogen) atoms. The maximum Gasteiger partial charge on any atom is 0.203 e. The van der Waals surface area contributed by atoms with Crippen LogP contribution in [0.5, 0.6) is 0 Å². The van der Waals surface area contributed by atoms with Gasteiger partial charge in [-0.05, 0) is 27.1 Å². The van der Waals surface area contributed by atoms with Crippen LogP contribution in [0.25, 0.3) is 0 Å². The first-order valence-corrected chi connectivity index (χ1v) is 3.39. The van der Waals surface area contributed by atoms with E-state index in [-0.39, 0.29) is 11.5 Å². The number of unbranched alkanes of at least 4 members (excludes halogenated alkanes) is 1. The van der Waals surface area contributed by atoms with E-state index in [0.717, 1.165) is 13.0 Å². The van der Waals surface area contributed by atoms with Crippen LogP contribution in [0.15, 0.2) is 0 Å². The van der Waals surface area contributed by atoms with E-state index in [0.29, 0.717) is 6.42 Å². The van der Waals surface area contributed by atoms with E-state index in [1.54, 1.807) is 0 Å². The van der Waals surface area contributed by atoms with Crippen LogP contribution in [0.4, 0.5) is 0 Å². The first kappa shape index (κ1) is 9.36. The minimum Gasteiger partial charge on any atom is -0.309 e. The Morgan fingerprint density at radius 3 is 2.40 bits per heavy atom. The van der Waals surface area contributed by atoms with Crippen LogP contribution in [-0.2, 0) is 0 Å². The Labute approximate surface area is 61.0 Å². The third-order valence-corrected chi connectivity index (χ3v) is 1.20. The number of nitro groups is 1. The summed E-state index contributed by atoms with van der Waals surface area (Å²) in [7, 11) is 3.93. The van der Waals surface area contributed by atoms with Crippen LogP contribution >= 0.6 is 0 Å². The van der Waals surface area contributed by atoms with Crippen molar-refractivity contribution < 1.29 is 4.92 Å². The molecule has 0 aromatic rings. The van der Waals surface area contributed by atoms with Crippen LogP contribution in [0.3, 0.4) is 0 Å². The second-order valence-corrected chi connectivity index (χ2v) is 2.57. The summed E-state index contributed by atoms with van der Waals surface area (Å²) >= 11 is 0. The molecular weight excluding hydrogens is 132 g/mol. The van der Waals surface area contributed by atoms with Gasteiger partial charge in [-0.25, -0.2) is 0 Å². The molecule has 0 aliphatic heterocycles. The maximum absolute atomic E-state index is 9.84. The summed E-state index contributed by atoms with van der Waals surface area (Å²) in [6.45, 7) is 1.04. The number of nitrogens with zero attached hydrogens (tertiary/aromatic N) is 2. The predicted molar refractivity (Wildman–Crippen MR) is 39.6 cm³/mol. The van der Waals surface area contributed by atoms with Gasteiger partial charge in [0.15, 0.2) is 0 Å². The summed E-state index contributed by atoms with van der Waals surface area (Å²) in [4.78, 5) is 11.6. The summed E-state index contributed by atoms with van der Waals surface area (Å²) < 4.78 is 0. The van der Waals surface area contributed by atoms with Gasteiger partial charge in [0.05, 0.1) is 0 Å². The summed E-state index contributed by atoms with van der Waals surface area (Å²) in [5.41, 5.74) is 0. The third kappa shape index (κ3) is 7.36. The van der Waals surface area contributed by atoms with E-state index in [1.807, 2.05) is 19.0 Å². The minimum atomic E-state index is -0.268. The largest absolute Gasteiger partial charge is 0.309 e. The molecule has 0 bridgehead atoms. The lowest BCUT2D eigenvalue weighted by Gasteiger charge is -2.06. The van der Waals surface area contributed by atoms with Crippen molar-refractivity contribution in [3.63, 3.8) is 0 Å². The lowest BCUT2D eigenvalue weighted by molar-refractivity contribution is -0.480. The van der Waals surface area contributed by atoms with Gasteiger partial charge in [-0.2, -0.15) is 0 Å². The fourth-order valence-corrected chi connectivity index (χ4v) is 0.669. The molecule has 0 heterocycles. The van der Waals surface area contributed by atoms with Crippen molar-refractivity contribution in [3.05, 3.63) is 10.1 Å². The minimum absolute atomic E-state index is 0.105. The van der Waals surface area contributed by atoms with E-state index in [1.165, 1.54) is 0 Å². The lowest BCUT2D eigenvalue weighted by atomic mass is 10.3. The van der Waals surface area contributed by atoms with E-state index in [9.17, 15) is 10.1 Å².